The minimum Gasteiger partial charge on any atom is -0.469 e. The monoisotopic (exact) mass is 303 g/mol. The van der Waals surface area contributed by atoms with Crippen LogP contribution in [0.4, 0.5) is 4.39 Å². The van der Waals surface area contributed by atoms with Gasteiger partial charge in [-0.15, -0.1) is 0 Å². The van der Waals surface area contributed by atoms with Crippen molar-refractivity contribution in [2.75, 3.05) is 13.7 Å². The molecule has 0 aromatic rings. The van der Waals surface area contributed by atoms with E-state index in [0.717, 1.165) is 6.08 Å². The number of hydrogen-bond acceptors (Lipinski definition) is 4. The standard InChI is InChI=1S/C13H18FNO4S/c1-4-5-6-11(10(2)14)20(17,18)15-9-13(7-8-13)12(16)19-3/h4-6,15H,2,7-9H2,1,3H3/b5-4-,11-6+. The summed E-state index contributed by atoms with van der Waals surface area (Å²) in [7, 11) is -2.80. The largest absolute Gasteiger partial charge is 0.469 e. The second-order valence-corrected chi connectivity index (χ2v) is 6.29. The minimum atomic E-state index is -4.05. The van der Waals surface area contributed by atoms with Crippen LogP contribution in [0.25, 0.3) is 0 Å². The lowest BCUT2D eigenvalue weighted by atomic mass is 10.1. The number of carbonyl (C=O) groups excluding carboxylic acids is 1. The summed E-state index contributed by atoms with van der Waals surface area (Å²) in [6, 6.07) is 0. The molecular formula is C13H18FNO4S. The summed E-state index contributed by atoms with van der Waals surface area (Å²) in [5, 5.41) is 0. The van der Waals surface area contributed by atoms with E-state index in [9.17, 15) is 17.6 Å². The Hall–Kier alpha value is -1.47. The van der Waals surface area contributed by atoms with Crippen LogP contribution in [0, 0.1) is 5.41 Å². The van der Waals surface area contributed by atoms with Crippen LogP contribution in [-0.4, -0.2) is 28.0 Å². The Morgan fingerprint density at radius 1 is 1.50 bits per heavy atom. The molecule has 0 spiro atoms. The summed E-state index contributed by atoms with van der Waals surface area (Å²) in [6.07, 6.45) is 5.17. The first-order valence-electron chi connectivity index (χ1n) is 6.05. The molecule has 0 aliphatic heterocycles. The van der Waals surface area contributed by atoms with Gasteiger partial charge in [-0.3, -0.25) is 4.79 Å². The molecular weight excluding hydrogens is 285 g/mol. The summed E-state index contributed by atoms with van der Waals surface area (Å²) in [6.45, 7) is 4.57. The van der Waals surface area contributed by atoms with Gasteiger partial charge in [0, 0.05) is 6.54 Å². The third-order valence-corrected chi connectivity index (χ3v) is 4.53. The van der Waals surface area contributed by atoms with Crippen molar-refractivity contribution in [1.82, 2.24) is 4.72 Å². The van der Waals surface area contributed by atoms with Crippen LogP contribution >= 0.6 is 0 Å². The first-order valence-corrected chi connectivity index (χ1v) is 7.53. The maximum atomic E-state index is 13.2. The third-order valence-electron chi connectivity index (χ3n) is 3.07. The Morgan fingerprint density at radius 3 is 2.50 bits per heavy atom. The maximum absolute atomic E-state index is 13.2. The van der Waals surface area contributed by atoms with E-state index in [2.05, 4.69) is 16.0 Å². The number of carbonyl (C=O) groups is 1. The lowest BCUT2D eigenvalue weighted by molar-refractivity contribution is -0.146. The number of sulfonamides is 1. The fourth-order valence-electron chi connectivity index (χ4n) is 1.64. The molecule has 0 atom stereocenters. The van der Waals surface area contributed by atoms with Gasteiger partial charge in [0.05, 0.1) is 12.5 Å². The average Bonchev–Trinajstić information content (AvgIpc) is 3.16. The Bertz CT molecular complexity index is 559. The summed E-state index contributed by atoms with van der Waals surface area (Å²) in [5.41, 5.74) is -0.814. The molecule has 0 unspecified atom stereocenters. The van der Waals surface area contributed by atoms with Crippen molar-refractivity contribution in [2.45, 2.75) is 19.8 Å². The smallest absolute Gasteiger partial charge is 0.313 e. The number of hydrogen-bond donors (Lipinski definition) is 1. The molecule has 5 nitrogen and oxygen atoms in total. The molecule has 0 heterocycles. The number of allylic oxidation sites excluding steroid dienone is 4. The Morgan fingerprint density at radius 2 is 2.10 bits per heavy atom. The van der Waals surface area contributed by atoms with Crippen molar-refractivity contribution in [3.63, 3.8) is 0 Å². The molecule has 1 N–H and O–H groups in total. The van der Waals surface area contributed by atoms with E-state index >= 15 is 0 Å². The van der Waals surface area contributed by atoms with Crippen LogP contribution in [0.15, 0.2) is 35.5 Å². The predicted molar refractivity (Wildman–Crippen MR) is 73.8 cm³/mol. The molecule has 7 heteroatoms. The quantitative estimate of drug-likeness (QED) is 0.575. The fraction of sp³-hybridized carbons (Fsp3) is 0.462. The molecule has 1 aliphatic carbocycles. The number of ether oxygens (including phenoxy) is 1. The van der Waals surface area contributed by atoms with E-state index in [1.54, 1.807) is 13.0 Å². The second kappa shape index (κ2) is 6.32. The Balaban J connectivity index is 2.84. The zero-order valence-electron chi connectivity index (χ0n) is 11.5. The van der Waals surface area contributed by atoms with Crippen LogP contribution in [0.3, 0.4) is 0 Å². The van der Waals surface area contributed by atoms with Gasteiger partial charge in [-0.2, -0.15) is 0 Å². The normalized spacial score (nSPS) is 18.1. The van der Waals surface area contributed by atoms with E-state index in [1.165, 1.54) is 13.2 Å². The lowest BCUT2D eigenvalue weighted by Crippen LogP contribution is -2.35. The van der Waals surface area contributed by atoms with Crippen molar-refractivity contribution >= 4 is 16.0 Å². The van der Waals surface area contributed by atoms with Gasteiger partial charge in [-0.05, 0) is 25.8 Å². The van der Waals surface area contributed by atoms with Gasteiger partial charge in [0.15, 0.2) is 0 Å². The molecule has 0 saturated heterocycles. The summed E-state index contributed by atoms with van der Waals surface area (Å²) >= 11 is 0. The highest BCUT2D eigenvalue weighted by molar-refractivity contribution is 7.93. The molecule has 1 saturated carbocycles. The van der Waals surface area contributed by atoms with Crippen LogP contribution in [0.1, 0.15) is 19.8 Å². The van der Waals surface area contributed by atoms with E-state index in [-0.39, 0.29) is 6.54 Å². The molecule has 1 fully saturated rings. The van der Waals surface area contributed by atoms with Gasteiger partial charge in [-0.1, -0.05) is 18.7 Å². The van der Waals surface area contributed by atoms with Crippen LogP contribution in [0.2, 0.25) is 0 Å². The summed E-state index contributed by atoms with van der Waals surface area (Å²) < 4.78 is 44.1. The van der Waals surface area contributed by atoms with E-state index < -0.39 is 32.1 Å². The van der Waals surface area contributed by atoms with E-state index in [4.69, 9.17) is 0 Å². The molecule has 20 heavy (non-hydrogen) atoms. The molecule has 0 amide bonds. The predicted octanol–water partition coefficient (Wildman–Crippen LogP) is 1.80. The van der Waals surface area contributed by atoms with Crippen molar-refractivity contribution < 1.29 is 22.3 Å². The number of halogens is 1. The Kier molecular flexibility index (Phi) is 5.24. The third kappa shape index (κ3) is 3.77. The van der Waals surface area contributed by atoms with Crippen LogP contribution in [0.5, 0.6) is 0 Å². The number of nitrogens with one attached hydrogen (secondary N) is 1. The van der Waals surface area contributed by atoms with Gasteiger partial charge >= 0.3 is 5.97 Å². The zero-order valence-corrected chi connectivity index (χ0v) is 12.3. The van der Waals surface area contributed by atoms with Gasteiger partial charge < -0.3 is 4.74 Å². The first kappa shape index (κ1) is 16.6. The highest BCUT2D eigenvalue weighted by Gasteiger charge is 2.51. The molecule has 0 aromatic carbocycles. The first-order chi connectivity index (χ1) is 9.29. The molecule has 1 rings (SSSR count). The SMILES string of the molecule is C=C(F)/C(=C\C=C/C)S(=O)(=O)NCC1(C(=O)OC)CC1. The van der Waals surface area contributed by atoms with Gasteiger partial charge in [-0.25, -0.2) is 17.5 Å². The topological polar surface area (TPSA) is 72.5 Å². The molecule has 1 aliphatic rings. The highest BCUT2D eigenvalue weighted by Crippen LogP contribution is 2.46. The number of esters is 1. The van der Waals surface area contributed by atoms with Crippen molar-refractivity contribution in [3.8, 4) is 0 Å². The fourth-order valence-corrected chi connectivity index (χ4v) is 2.81. The number of rotatable bonds is 7. The van der Waals surface area contributed by atoms with Crippen molar-refractivity contribution in [1.29, 1.82) is 0 Å². The van der Waals surface area contributed by atoms with Crippen molar-refractivity contribution in [3.05, 3.63) is 35.5 Å². The van der Waals surface area contributed by atoms with Gasteiger partial charge in [0.1, 0.15) is 10.7 Å². The molecule has 0 aromatic heterocycles. The summed E-state index contributed by atoms with van der Waals surface area (Å²) in [4.78, 5) is 11.0. The van der Waals surface area contributed by atoms with Crippen molar-refractivity contribution in [2.24, 2.45) is 5.41 Å². The molecule has 112 valence electrons. The second-order valence-electron chi connectivity index (χ2n) is 4.56. The van der Waals surface area contributed by atoms with E-state index in [1.807, 2.05) is 0 Å². The number of methoxy groups -OCH3 is 1. The van der Waals surface area contributed by atoms with Crippen LogP contribution < -0.4 is 4.72 Å². The molecule has 0 radical (unpaired) electrons. The highest BCUT2D eigenvalue weighted by atomic mass is 32.2. The zero-order chi connectivity index (χ0) is 15.4. The maximum Gasteiger partial charge on any atom is 0.313 e. The molecule has 0 bridgehead atoms. The van der Waals surface area contributed by atoms with Crippen LogP contribution in [-0.2, 0) is 19.6 Å². The van der Waals surface area contributed by atoms with E-state index in [0.29, 0.717) is 12.8 Å². The Labute approximate surface area is 118 Å². The van der Waals surface area contributed by atoms with Gasteiger partial charge in [0.2, 0.25) is 10.0 Å². The lowest BCUT2D eigenvalue weighted by Gasteiger charge is -2.14. The summed E-state index contributed by atoms with van der Waals surface area (Å²) in [5.74, 6) is -1.52. The minimum absolute atomic E-state index is 0.109. The average molecular weight is 303 g/mol. The van der Waals surface area contributed by atoms with Gasteiger partial charge in [0.25, 0.3) is 0 Å².